The van der Waals surface area contributed by atoms with Crippen LogP contribution in [0.2, 0.25) is 0 Å². The molecule has 0 aliphatic rings. The van der Waals surface area contributed by atoms with E-state index in [2.05, 4.69) is 10.1 Å². The molecule has 3 aromatic rings. The van der Waals surface area contributed by atoms with Crippen LogP contribution in [0.1, 0.15) is 10.7 Å². The number of nitrogens with zero attached hydrogens (tertiary/aromatic N) is 4. The minimum Gasteiger partial charge on any atom is -0.258 e. The molecule has 96 valence electrons. The van der Waals surface area contributed by atoms with Gasteiger partial charge in [-0.3, -0.25) is 10.1 Å². The van der Waals surface area contributed by atoms with E-state index in [0.717, 1.165) is 20.9 Å². The van der Waals surface area contributed by atoms with Crippen LogP contribution < -0.4 is 0 Å². The predicted molar refractivity (Wildman–Crippen MR) is 72.9 cm³/mol. The lowest BCUT2D eigenvalue weighted by Crippen LogP contribution is -2.01. The maximum atomic E-state index is 11.2. The van der Waals surface area contributed by atoms with E-state index < -0.39 is 0 Å². The number of nitro groups is 1. The molecule has 19 heavy (non-hydrogen) atoms. The van der Waals surface area contributed by atoms with E-state index in [1.807, 2.05) is 13.8 Å². The summed E-state index contributed by atoms with van der Waals surface area (Å²) in [5.74, 6) is 0. The monoisotopic (exact) mass is 274 g/mol. The Morgan fingerprint density at radius 3 is 2.79 bits per heavy atom. The maximum Gasteiger partial charge on any atom is 0.296 e. The molecule has 3 rings (SSSR count). The zero-order valence-electron chi connectivity index (χ0n) is 10.3. The Kier molecular flexibility index (Phi) is 2.56. The van der Waals surface area contributed by atoms with Crippen molar-refractivity contribution in [2.24, 2.45) is 0 Å². The second kappa shape index (κ2) is 4.13. The van der Waals surface area contributed by atoms with E-state index in [0.29, 0.717) is 5.69 Å². The number of nitro benzene ring substituents is 1. The molecule has 2 aromatic heterocycles. The van der Waals surface area contributed by atoms with E-state index in [4.69, 9.17) is 0 Å². The highest BCUT2D eigenvalue weighted by atomic mass is 32.1. The Balaban J connectivity index is 2.31. The number of hydrogen-bond acceptors (Lipinski definition) is 5. The van der Waals surface area contributed by atoms with Crippen molar-refractivity contribution in [2.45, 2.75) is 13.8 Å². The van der Waals surface area contributed by atoms with Crippen LogP contribution in [-0.2, 0) is 0 Å². The molecule has 0 atom stereocenters. The van der Waals surface area contributed by atoms with Crippen molar-refractivity contribution in [3.63, 3.8) is 0 Å². The van der Waals surface area contributed by atoms with Gasteiger partial charge in [0.15, 0.2) is 0 Å². The molecule has 0 saturated carbocycles. The summed E-state index contributed by atoms with van der Waals surface area (Å²) in [5, 5.41) is 16.3. The normalized spacial score (nSPS) is 11.1. The molecule has 0 aliphatic heterocycles. The minimum atomic E-state index is -0.388. The van der Waals surface area contributed by atoms with Crippen LogP contribution in [0.3, 0.4) is 0 Å². The van der Waals surface area contributed by atoms with Crippen molar-refractivity contribution in [1.82, 2.24) is 14.8 Å². The zero-order chi connectivity index (χ0) is 13.6. The van der Waals surface area contributed by atoms with Gasteiger partial charge in [-0.05, 0) is 26.0 Å². The molecule has 0 aliphatic carbocycles. The Morgan fingerprint density at radius 2 is 2.16 bits per heavy atom. The largest absolute Gasteiger partial charge is 0.296 e. The van der Waals surface area contributed by atoms with Crippen molar-refractivity contribution in [1.29, 1.82) is 0 Å². The number of fused-ring (bicyclic) bond motifs is 1. The first-order chi connectivity index (χ1) is 9.04. The third kappa shape index (κ3) is 1.97. The number of aromatic nitrogens is 3. The molecule has 0 N–H and O–H groups in total. The molecular weight excluding hydrogens is 264 g/mol. The van der Waals surface area contributed by atoms with Gasteiger partial charge < -0.3 is 0 Å². The van der Waals surface area contributed by atoms with Gasteiger partial charge in [-0.25, -0.2) is 9.67 Å². The standard InChI is InChI=1S/C12H10N4O2S/c1-7-3-4-15(14-7)10-5-9-12(19-8(2)13-9)6-11(10)16(17)18/h3-6H,1-2H3. The second-order valence-corrected chi connectivity index (χ2v) is 5.44. The Morgan fingerprint density at radius 1 is 1.37 bits per heavy atom. The lowest BCUT2D eigenvalue weighted by atomic mass is 10.2. The third-order valence-corrected chi connectivity index (χ3v) is 3.69. The number of hydrogen-bond donors (Lipinski definition) is 0. The van der Waals surface area contributed by atoms with Crippen LogP contribution in [0.4, 0.5) is 5.69 Å². The number of thiazole rings is 1. The summed E-state index contributed by atoms with van der Waals surface area (Å²) in [6, 6.07) is 5.08. The lowest BCUT2D eigenvalue weighted by Gasteiger charge is -2.02. The zero-order valence-corrected chi connectivity index (χ0v) is 11.1. The van der Waals surface area contributed by atoms with Crippen LogP contribution in [0.15, 0.2) is 24.4 Å². The highest BCUT2D eigenvalue weighted by Gasteiger charge is 2.19. The van der Waals surface area contributed by atoms with Gasteiger partial charge in [-0.1, -0.05) is 0 Å². The molecule has 0 radical (unpaired) electrons. The highest BCUT2D eigenvalue weighted by Crippen LogP contribution is 2.31. The molecular formula is C12H10N4O2S. The fraction of sp³-hybridized carbons (Fsp3) is 0.167. The van der Waals surface area contributed by atoms with Crippen LogP contribution in [0.25, 0.3) is 15.9 Å². The SMILES string of the molecule is Cc1ccn(-c2cc3nc(C)sc3cc2[N+](=O)[O-])n1. The first-order valence-electron chi connectivity index (χ1n) is 5.63. The van der Waals surface area contributed by atoms with E-state index in [-0.39, 0.29) is 10.6 Å². The summed E-state index contributed by atoms with van der Waals surface area (Å²) in [6.45, 7) is 3.72. The third-order valence-electron chi connectivity index (χ3n) is 2.76. The predicted octanol–water partition coefficient (Wildman–Crippen LogP) is 3.01. The Bertz CT molecular complexity index is 790. The first kappa shape index (κ1) is 11.8. The Labute approximate surface area is 112 Å². The Hall–Kier alpha value is -2.28. The smallest absolute Gasteiger partial charge is 0.258 e. The summed E-state index contributed by atoms with van der Waals surface area (Å²) in [5.41, 5.74) is 2.05. The molecule has 7 heteroatoms. The van der Waals surface area contributed by atoms with E-state index in [1.54, 1.807) is 24.4 Å². The second-order valence-electron chi connectivity index (χ2n) is 4.20. The van der Waals surface area contributed by atoms with Gasteiger partial charge in [-0.2, -0.15) is 5.10 Å². The van der Waals surface area contributed by atoms with Gasteiger partial charge in [0.2, 0.25) is 0 Å². The first-order valence-corrected chi connectivity index (χ1v) is 6.44. The van der Waals surface area contributed by atoms with Gasteiger partial charge in [0.05, 0.1) is 25.8 Å². The number of rotatable bonds is 2. The van der Waals surface area contributed by atoms with Gasteiger partial charge in [0.25, 0.3) is 5.69 Å². The van der Waals surface area contributed by atoms with Crippen LogP contribution >= 0.6 is 11.3 Å². The number of aryl methyl sites for hydroxylation is 2. The van der Waals surface area contributed by atoms with Gasteiger partial charge in [-0.15, -0.1) is 11.3 Å². The summed E-state index contributed by atoms with van der Waals surface area (Å²) >= 11 is 1.45. The number of benzene rings is 1. The maximum absolute atomic E-state index is 11.2. The molecule has 0 saturated heterocycles. The van der Waals surface area contributed by atoms with Crippen molar-refractivity contribution in [3.05, 3.63) is 45.2 Å². The topological polar surface area (TPSA) is 73.8 Å². The van der Waals surface area contributed by atoms with Crippen molar-refractivity contribution in [2.75, 3.05) is 0 Å². The molecule has 0 spiro atoms. The van der Waals surface area contributed by atoms with E-state index in [9.17, 15) is 10.1 Å². The summed E-state index contributed by atoms with van der Waals surface area (Å²) < 4.78 is 2.33. The van der Waals surface area contributed by atoms with Crippen molar-refractivity contribution in [3.8, 4) is 5.69 Å². The minimum absolute atomic E-state index is 0.0410. The van der Waals surface area contributed by atoms with Crippen LogP contribution in [0, 0.1) is 24.0 Å². The summed E-state index contributed by atoms with van der Waals surface area (Å²) in [6.07, 6.45) is 1.71. The van der Waals surface area contributed by atoms with E-state index >= 15 is 0 Å². The molecule has 0 amide bonds. The molecule has 0 unspecified atom stereocenters. The summed E-state index contributed by atoms with van der Waals surface area (Å²) in [4.78, 5) is 15.2. The molecule has 1 aromatic carbocycles. The van der Waals surface area contributed by atoms with E-state index in [1.165, 1.54) is 16.0 Å². The van der Waals surface area contributed by atoms with Crippen LogP contribution in [-0.4, -0.2) is 19.7 Å². The fourth-order valence-corrected chi connectivity index (χ4v) is 2.79. The van der Waals surface area contributed by atoms with Gasteiger partial charge in [0.1, 0.15) is 5.69 Å². The quantitative estimate of drug-likeness (QED) is 0.532. The van der Waals surface area contributed by atoms with Crippen molar-refractivity contribution < 1.29 is 4.92 Å². The van der Waals surface area contributed by atoms with Crippen molar-refractivity contribution >= 4 is 27.2 Å². The molecule has 6 nitrogen and oxygen atoms in total. The average Bonchev–Trinajstić information content (AvgIpc) is 2.91. The lowest BCUT2D eigenvalue weighted by molar-refractivity contribution is -0.384. The molecule has 0 fully saturated rings. The highest BCUT2D eigenvalue weighted by molar-refractivity contribution is 7.18. The molecule has 0 bridgehead atoms. The van der Waals surface area contributed by atoms with Crippen LogP contribution in [0.5, 0.6) is 0 Å². The van der Waals surface area contributed by atoms with Gasteiger partial charge >= 0.3 is 0 Å². The molecule has 2 heterocycles. The van der Waals surface area contributed by atoms with Gasteiger partial charge in [0, 0.05) is 12.3 Å². The summed E-state index contributed by atoms with van der Waals surface area (Å²) in [7, 11) is 0. The average molecular weight is 274 g/mol. The fourth-order valence-electron chi connectivity index (χ4n) is 1.95.